The second-order valence-electron chi connectivity index (χ2n) is 3.16. The molecule has 0 bridgehead atoms. The van der Waals surface area contributed by atoms with Gasteiger partial charge in [0.25, 0.3) is 0 Å². The average molecular weight is 227 g/mol. The second kappa shape index (κ2) is 5.99. The molecule has 1 rings (SSSR count). The van der Waals surface area contributed by atoms with Crippen LogP contribution in [0.4, 0.5) is 0 Å². The summed E-state index contributed by atoms with van der Waals surface area (Å²) in [6, 6.07) is 0.824. The molecule has 0 aromatic carbocycles. The number of hydrogen-bond donors (Lipinski definition) is 3. The summed E-state index contributed by atoms with van der Waals surface area (Å²) in [4.78, 5) is 26.0. The molecule has 0 aliphatic rings. The van der Waals surface area contributed by atoms with Crippen LogP contribution in [0.5, 0.6) is 0 Å². The summed E-state index contributed by atoms with van der Waals surface area (Å²) in [6.45, 7) is -0.905. The fourth-order valence-electron chi connectivity index (χ4n) is 1.08. The fourth-order valence-corrected chi connectivity index (χ4v) is 1.08. The predicted molar refractivity (Wildman–Crippen MR) is 54.6 cm³/mol. The van der Waals surface area contributed by atoms with E-state index in [1.807, 2.05) is 0 Å². The number of carbonyl (C=O) groups excluding carboxylic acids is 1. The third-order valence-corrected chi connectivity index (χ3v) is 1.90. The number of rotatable bonds is 5. The summed E-state index contributed by atoms with van der Waals surface area (Å²) < 4.78 is 1.13. The largest absolute Gasteiger partial charge is 0.394 e. The molecule has 3 N–H and O–H groups in total. The van der Waals surface area contributed by atoms with Crippen molar-refractivity contribution in [2.45, 2.75) is 12.6 Å². The molecular weight excluding hydrogens is 214 g/mol. The van der Waals surface area contributed by atoms with Crippen LogP contribution in [-0.2, 0) is 11.3 Å². The van der Waals surface area contributed by atoms with Crippen molar-refractivity contribution in [2.75, 3.05) is 13.2 Å². The van der Waals surface area contributed by atoms with Gasteiger partial charge in [0.2, 0.25) is 5.91 Å². The van der Waals surface area contributed by atoms with Crippen LogP contribution in [-0.4, -0.2) is 44.9 Å². The van der Waals surface area contributed by atoms with Gasteiger partial charge < -0.3 is 15.5 Å². The molecule has 88 valence electrons. The first-order valence-corrected chi connectivity index (χ1v) is 4.70. The van der Waals surface area contributed by atoms with Crippen molar-refractivity contribution < 1.29 is 15.0 Å². The Labute approximate surface area is 91.4 Å². The molecule has 0 aliphatic carbocycles. The highest BCUT2D eigenvalue weighted by molar-refractivity contribution is 5.76. The molecule has 1 aromatic heterocycles. The molecule has 0 spiro atoms. The van der Waals surface area contributed by atoms with E-state index in [0.717, 1.165) is 4.57 Å². The molecule has 0 saturated heterocycles. The van der Waals surface area contributed by atoms with Crippen LogP contribution in [0.25, 0.3) is 0 Å². The fraction of sp³-hybridized carbons (Fsp3) is 0.444. The number of aromatic nitrogens is 2. The van der Waals surface area contributed by atoms with Crippen molar-refractivity contribution >= 4 is 5.91 Å². The number of aliphatic hydroxyl groups is 2. The molecule has 16 heavy (non-hydrogen) atoms. The number of nitrogens with one attached hydrogen (secondary N) is 1. The van der Waals surface area contributed by atoms with Crippen LogP contribution < -0.4 is 11.0 Å². The lowest BCUT2D eigenvalue weighted by Gasteiger charge is -2.13. The maximum Gasteiger partial charge on any atom is 0.347 e. The minimum atomic E-state index is -0.708. The van der Waals surface area contributed by atoms with Gasteiger partial charge in [0, 0.05) is 12.4 Å². The van der Waals surface area contributed by atoms with Crippen molar-refractivity contribution in [1.29, 1.82) is 0 Å². The molecule has 0 atom stereocenters. The van der Waals surface area contributed by atoms with Crippen molar-refractivity contribution in [3.8, 4) is 0 Å². The van der Waals surface area contributed by atoms with Crippen molar-refractivity contribution in [2.24, 2.45) is 0 Å². The monoisotopic (exact) mass is 227 g/mol. The first-order valence-electron chi connectivity index (χ1n) is 4.70. The smallest absolute Gasteiger partial charge is 0.347 e. The van der Waals surface area contributed by atoms with Crippen LogP contribution in [0.2, 0.25) is 0 Å². The lowest BCUT2D eigenvalue weighted by Crippen LogP contribution is -2.42. The van der Waals surface area contributed by atoms with Crippen LogP contribution in [0.3, 0.4) is 0 Å². The molecule has 0 unspecified atom stereocenters. The van der Waals surface area contributed by atoms with Crippen molar-refractivity contribution in [3.63, 3.8) is 0 Å². The Hall–Kier alpha value is -1.73. The first kappa shape index (κ1) is 12.3. The SMILES string of the molecule is O=C(Cn1cccnc1=O)NC(CO)CO. The zero-order valence-electron chi connectivity index (χ0n) is 8.54. The van der Waals surface area contributed by atoms with Gasteiger partial charge in [0.15, 0.2) is 0 Å². The third-order valence-electron chi connectivity index (χ3n) is 1.90. The van der Waals surface area contributed by atoms with Crippen LogP contribution in [0.1, 0.15) is 0 Å². The van der Waals surface area contributed by atoms with Gasteiger partial charge in [0.1, 0.15) is 6.54 Å². The van der Waals surface area contributed by atoms with E-state index in [0.29, 0.717) is 0 Å². The summed E-state index contributed by atoms with van der Waals surface area (Å²) >= 11 is 0. The number of carbonyl (C=O) groups is 1. The lowest BCUT2D eigenvalue weighted by molar-refractivity contribution is -0.123. The van der Waals surface area contributed by atoms with E-state index in [1.54, 1.807) is 0 Å². The highest BCUT2D eigenvalue weighted by Crippen LogP contribution is 1.84. The van der Waals surface area contributed by atoms with E-state index < -0.39 is 17.6 Å². The van der Waals surface area contributed by atoms with Gasteiger partial charge in [-0.15, -0.1) is 0 Å². The molecule has 0 saturated carbocycles. The van der Waals surface area contributed by atoms with E-state index in [4.69, 9.17) is 10.2 Å². The van der Waals surface area contributed by atoms with Gasteiger partial charge in [0.05, 0.1) is 19.3 Å². The van der Waals surface area contributed by atoms with Crippen LogP contribution >= 0.6 is 0 Å². The maximum absolute atomic E-state index is 11.4. The summed E-state index contributed by atoms with van der Waals surface area (Å²) in [6.07, 6.45) is 2.77. The van der Waals surface area contributed by atoms with Gasteiger partial charge in [-0.2, -0.15) is 0 Å². The molecule has 1 amide bonds. The van der Waals surface area contributed by atoms with Gasteiger partial charge in [-0.3, -0.25) is 9.36 Å². The van der Waals surface area contributed by atoms with Crippen molar-refractivity contribution in [1.82, 2.24) is 14.9 Å². The van der Waals surface area contributed by atoms with Crippen LogP contribution in [0, 0.1) is 0 Å². The minimum Gasteiger partial charge on any atom is -0.394 e. The molecule has 7 nitrogen and oxygen atoms in total. The van der Waals surface area contributed by atoms with E-state index >= 15 is 0 Å². The van der Waals surface area contributed by atoms with E-state index in [2.05, 4.69) is 10.3 Å². The number of amides is 1. The zero-order chi connectivity index (χ0) is 12.0. The zero-order valence-corrected chi connectivity index (χ0v) is 8.54. The Morgan fingerprint density at radius 2 is 2.19 bits per heavy atom. The lowest BCUT2D eigenvalue weighted by atomic mass is 10.3. The molecular formula is C9H13N3O4. The van der Waals surface area contributed by atoms with Crippen molar-refractivity contribution in [3.05, 3.63) is 28.9 Å². The highest BCUT2D eigenvalue weighted by atomic mass is 16.3. The van der Waals surface area contributed by atoms with Gasteiger partial charge >= 0.3 is 5.69 Å². The number of hydrogen-bond acceptors (Lipinski definition) is 5. The normalized spacial score (nSPS) is 10.4. The maximum atomic E-state index is 11.4. The molecule has 1 aromatic rings. The Bertz CT molecular complexity index is 400. The van der Waals surface area contributed by atoms with E-state index in [9.17, 15) is 9.59 Å². The minimum absolute atomic E-state index is 0.191. The van der Waals surface area contributed by atoms with E-state index in [1.165, 1.54) is 18.5 Å². The van der Waals surface area contributed by atoms with Crippen LogP contribution in [0.15, 0.2) is 23.3 Å². The number of nitrogens with zero attached hydrogens (tertiary/aromatic N) is 2. The Balaban J connectivity index is 2.58. The van der Waals surface area contributed by atoms with Gasteiger partial charge in [-0.25, -0.2) is 9.78 Å². The molecule has 0 radical (unpaired) electrons. The molecule has 0 fully saturated rings. The summed E-state index contributed by atoms with van der Waals surface area (Å²) in [7, 11) is 0. The summed E-state index contributed by atoms with van der Waals surface area (Å²) in [5, 5.41) is 19.8. The number of aliphatic hydroxyl groups excluding tert-OH is 2. The second-order valence-corrected chi connectivity index (χ2v) is 3.16. The third kappa shape index (κ3) is 3.44. The van der Waals surface area contributed by atoms with E-state index in [-0.39, 0.29) is 19.8 Å². The highest BCUT2D eigenvalue weighted by Gasteiger charge is 2.10. The molecule has 0 aliphatic heterocycles. The molecule has 1 heterocycles. The molecule has 7 heteroatoms. The quantitative estimate of drug-likeness (QED) is 0.525. The Morgan fingerprint density at radius 1 is 1.50 bits per heavy atom. The Kier molecular flexibility index (Phi) is 4.62. The van der Waals surface area contributed by atoms with Gasteiger partial charge in [-0.1, -0.05) is 0 Å². The van der Waals surface area contributed by atoms with Gasteiger partial charge in [-0.05, 0) is 6.07 Å². The Morgan fingerprint density at radius 3 is 2.75 bits per heavy atom. The summed E-state index contributed by atoms with van der Waals surface area (Å²) in [5.74, 6) is -0.469. The standard InChI is InChI=1S/C9H13N3O4/c13-5-7(6-14)11-8(15)4-12-3-1-2-10-9(12)16/h1-3,7,13-14H,4-6H2,(H,11,15). The first-order chi connectivity index (χ1) is 7.67. The predicted octanol–water partition coefficient (Wildman–Crippen LogP) is -2.29. The topological polar surface area (TPSA) is 104 Å². The average Bonchev–Trinajstić information content (AvgIpc) is 2.29. The summed E-state index contributed by atoms with van der Waals surface area (Å²) in [5.41, 5.74) is -0.526.